The highest BCUT2D eigenvalue weighted by atomic mass is 16.5. The molecule has 2 amide bonds. The molecule has 0 spiro atoms. The molecule has 9 heteroatoms. The lowest BCUT2D eigenvalue weighted by atomic mass is 9.97. The zero-order valence-corrected chi connectivity index (χ0v) is 17.5. The van der Waals surface area contributed by atoms with E-state index >= 15 is 0 Å². The Bertz CT molecular complexity index is 1060. The SMILES string of the molecule is CNC(=O)c1[nH]c([C@@H]2CCCN(C(=O)c3cnccn3)C2)nc1-c1ccc(OC)cc1. The van der Waals surface area contributed by atoms with E-state index in [1.54, 1.807) is 25.3 Å². The number of carbonyl (C=O) groups is 2. The van der Waals surface area contributed by atoms with Crippen LogP contribution in [0.3, 0.4) is 0 Å². The molecule has 3 heterocycles. The lowest BCUT2D eigenvalue weighted by Gasteiger charge is -2.31. The van der Waals surface area contributed by atoms with Crippen LogP contribution in [0.5, 0.6) is 5.75 Å². The van der Waals surface area contributed by atoms with Gasteiger partial charge in [0, 0.05) is 44.0 Å². The number of imidazole rings is 1. The van der Waals surface area contributed by atoms with E-state index in [0.717, 1.165) is 24.2 Å². The molecule has 160 valence electrons. The number of aromatic nitrogens is 4. The molecule has 9 nitrogen and oxygen atoms in total. The molecule has 4 rings (SSSR count). The molecule has 0 saturated carbocycles. The fourth-order valence-electron chi connectivity index (χ4n) is 3.79. The third-order valence-electron chi connectivity index (χ3n) is 5.42. The minimum atomic E-state index is -0.243. The minimum absolute atomic E-state index is 0.00947. The molecular weight excluding hydrogens is 396 g/mol. The van der Waals surface area contributed by atoms with Crippen molar-refractivity contribution < 1.29 is 14.3 Å². The topological polar surface area (TPSA) is 113 Å². The number of nitrogens with zero attached hydrogens (tertiary/aromatic N) is 4. The van der Waals surface area contributed by atoms with Gasteiger partial charge in [-0.3, -0.25) is 14.6 Å². The van der Waals surface area contributed by atoms with Gasteiger partial charge in [0.1, 0.15) is 28.7 Å². The fraction of sp³-hybridized carbons (Fsp3) is 0.318. The molecule has 3 aromatic rings. The van der Waals surface area contributed by atoms with Crippen molar-refractivity contribution in [2.45, 2.75) is 18.8 Å². The molecule has 1 saturated heterocycles. The Morgan fingerprint density at radius 3 is 2.71 bits per heavy atom. The van der Waals surface area contributed by atoms with E-state index in [-0.39, 0.29) is 17.7 Å². The third kappa shape index (κ3) is 4.25. The first-order valence-electron chi connectivity index (χ1n) is 10.1. The number of carbonyl (C=O) groups excluding carboxylic acids is 2. The molecule has 0 bridgehead atoms. The van der Waals surface area contributed by atoms with Crippen LogP contribution >= 0.6 is 0 Å². The van der Waals surface area contributed by atoms with Gasteiger partial charge in [-0.1, -0.05) is 0 Å². The first kappa shape index (κ1) is 20.5. The highest BCUT2D eigenvalue weighted by molar-refractivity contribution is 5.98. The van der Waals surface area contributed by atoms with Crippen LogP contribution in [-0.4, -0.2) is 63.9 Å². The molecule has 1 atom stereocenters. The van der Waals surface area contributed by atoms with Gasteiger partial charge in [-0.05, 0) is 37.1 Å². The molecule has 1 fully saturated rings. The van der Waals surface area contributed by atoms with Crippen molar-refractivity contribution in [2.75, 3.05) is 27.2 Å². The maximum Gasteiger partial charge on any atom is 0.274 e. The zero-order chi connectivity index (χ0) is 21.8. The Balaban J connectivity index is 1.62. The van der Waals surface area contributed by atoms with Crippen molar-refractivity contribution in [3.63, 3.8) is 0 Å². The zero-order valence-electron chi connectivity index (χ0n) is 17.5. The summed E-state index contributed by atoms with van der Waals surface area (Å²) in [5.74, 6) is 1.02. The van der Waals surface area contributed by atoms with Crippen molar-refractivity contribution in [3.05, 3.63) is 60.1 Å². The quantitative estimate of drug-likeness (QED) is 0.655. The van der Waals surface area contributed by atoms with Crippen molar-refractivity contribution in [2.24, 2.45) is 0 Å². The number of hydrogen-bond acceptors (Lipinski definition) is 6. The van der Waals surface area contributed by atoms with Gasteiger partial charge in [0.15, 0.2) is 0 Å². The average Bonchev–Trinajstić information content (AvgIpc) is 3.29. The standard InChI is InChI=1S/C22H24N6O3/c1-23-21(29)19-18(14-5-7-16(31-2)8-6-14)26-20(27-19)15-4-3-11-28(13-15)22(30)17-12-24-9-10-25-17/h5-10,12,15H,3-4,11,13H2,1-2H3,(H,23,29)(H,26,27)/t15-/m1/s1. The average molecular weight is 420 g/mol. The van der Waals surface area contributed by atoms with E-state index in [1.165, 1.54) is 12.4 Å². The largest absolute Gasteiger partial charge is 0.497 e. The summed E-state index contributed by atoms with van der Waals surface area (Å²) in [6.45, 7) is 1.15. The summed E-state index contributed by atoms with van der Waals surface area (Å²) in [4.78, 5) is 43.2. The van der Waals surface area contributed by atoms with E-state index in [1.807, 2.05) is 24.3 Å². The van der Waals surface area contributed by atoms with Crippen molar-refractivity contribution in [3.8, 4) is 17.0 Å². The third-order valence-corrected chi connectivity index (χ3v) is 5.42. The lowest BCUT2D eigenvalue weighted by molar-refractivity contribution is 0.0697. The lowest BCUT2D eigenvalue weighted by Crippen LogP contribution is -2.39. The number of nitrogens with one attached hydrogen (secondary N) is 2. The Kier molecular flexibility index (Phi) is 5.92. The summed E-state index contributed by atoms with van der Waals surface area (Å²) >= 11 is 0. The molecule has 0 aliphatic carbocycles. The maximum atomic E-state index is 12.8. The Labute approximate surface area is 179 Å². The number of piperidine rings is 1. The molecule has 0 radical (unpaired) electrons. The molecular formula is C22H24N6O3. The molecule has 2 aromatic heterocycles. The summed E-state index contributed by atoms with van der Waals surface area (Å²) < 4.78 is 5.22. The van der Waals surface area contributed by atoms with E-state index in [2.05, 4.69) is 20.3 Å². The number of hydrogen-bond donors (Lipinski definition) is 2. The van der Waals surface area contributed by atoms with Gasteiger partial charge in [0.05, 0.1) is 13.3 Å². The second kappa shape index (κ2) is 8.95. The smallest absolute Gasteiger partial charge is 0.274 e. The van der Waals surface area contributed by atoms with Crippen molar-refractivity contribution in [1.29, 1.82) is 0 Å². The van der Waals surface area contributed by atoms with E-state index < -0.39 is 0 Å². The molecule has 1 aliphatic heterocycles. The number of H-pyrrole nitrogens is 1. The molecule has 31 heavy (non-hydrogen) atoms. The molecule has 2 N–H and O–H groups in total. The summed E-state index contributed by atoms with van der Waals surface area (Å²) in [5, 5.41) is 2.66. The summed E-state index contributed by atoms with van der Waals surface area (Å²) in [6.07, 6.45) is 6.24. The molecule has 1 aromatic carbocycles. The number of ether oxygens (including phenoxy) is 1. The van der Waals surface area contributed by atoms with E-state index in [0.29, 0.717) is 36.0 Å². The minimum Gasteiger partial charge on any atom is -0.497 e. The molecule has 1 aliphatic rings. The second-order valence-corrected chi connectivity index (χ2v) is 7.33. The first-order chi connectivity index (χ1) is 15.1. The Morgan fingerprint density at radius 1 is 1.23 bits per heavy atom. The first-order valence-corrected chi connectivity index (χ1v) is 10.1. The summed E-state index contributed by atoms with van der Waals surface area (Å²) in [5.41, 5.74) is 2.12. The van der Waals surface area contributed by atoms with Crippen LogP contribution < -0.4 is 10.1 Å². The maximum absolute atomic E-state index is 12.8. The number of likely N-dealkylation sites (tertiary alicyclic amines) is 1. The number of benzene rings is 1. The highest BCUT2D eigenvalue weighted by Crippen LogP contribution is 2.30. The fourth-order valence-corrected chi connectivity index (χ4v) is 3.79. The van der Waals surface area contributed by atoms with Crippen LogP contribution in [0.2, 0.25) is 0 Å². The van der Waals surface area contributed by atoms with Crippen LogP contribution in [-0.2, 0) is 0 Å². The number of amides is 2. The Hall–Kier alpha value is -3.75. The normalized spacial score (nSPS) is 16.1. The van der Waals surface area contributed by atoms with Gasteiger partial charge in [-0.25, -0.2) is 9.97 Å². The Morgan fingerprint density at radius 2 is 2.03 bits per heavy atom. The van der Waals surface area contributed by atoms with Gasteiger partial charge in [-0.15, -0.1) is 0 Å². The monoisotopic (exact) mass is 420 g/mol. The van der Waals surface area contributed by atoms with Crippen molar-refractivity contribution >= 4 is 11.8 Å². The van der Waals surface area contributed by atoms with Crippen LogP contribution in [0.15, 0.2) is 42.9 Å². The summed E-state index contributed by atoms with van der Waals surface area (Å²) in [7, 11) is 3.19. The highest BCUT2D eigenvalue weighted by Gasteiger charge is 2.29. The van der Waals surface area contributed by atoms with Gasteiger partial charge >= 0.3 is 0 Å². The van der Waals surface area contributed by atoms with Crippen molar-refractivity contribution in [1.82, 2.24) is 30.2 Å². The summed E-state index contributed by atoms with van der Waals surface area (Å²) in [6, 6.07) is 7.41. The predicted octanol–water partition coefficient (Wildman–Crippen LogP) is 2.25. The van der Waals surface area contributed by atoms with Gasteiger partial charge in [0.2, 0.25) is 0 Å². The number of aromatic amines is 1. The predicted molar refractivity (Wildman–Crippen MR) is 114 cm³/mol. The number of methoxy groups -OCH3 is 1. The van der Waals surface area contributed by atoms with Crippen LogP contribution in [0.1, 0.15) is 45.6 Å². The number of rotatable bonds is 5. The molecule has 0 unspecified atom stereocenters. The second-order valence-electron chi connectivity index (χ2n) is 7.33. The van der Waals surface area contributed by atoms with Gasteiger partial charge < -0.3 is 19.9 Å². The van der Waals surface area contributed by atoms with Gasteiger partial charge in [0.25, 0.3) is 11.8 Å². The van der Waals surface area contributed by atoms with E-state index in [4.69, 9.17) is 9.72 Å². The van der Waals surface area contributed by atoms with Crippen LogP contribution in [0.25, 0.3) is 11.3 Å². The van der Waals surface area contributed by atoms with Crippen LogP contribution in [0, 0.1) is 0 Å². The van der Waals surface area contributed by atoms with Gasteiger partial charge in [-0.2, -0.15) is 0 Å². The van der Waals surface area contributed by atoms with Crippen LogP contribution in [0.4, 0.5) is 0 Å². The van der Waals surface area contributed by atoms with E-state index in [9.17, 15) is 9.59 Å².